The second kappa shape index (κ2) is 9.51. The number of ether oxygens (including phenoxy) is 1. The molecule has 4 nitrogen and oxygen atoms in total. The third kappa shape index (κ3) is 5.20. The van der Waals surface area contributed by atoms with Gasteiger partial charge in [-0.15, -0.1) is 0 Å². The highest BCUT2D eigenvalue weighted by atomic mass is 16.5. The van der Waals surface area contributed by atoms with Gasteiger partial charge in [0.2, 0.25) is 5.91 Å². The van der Waals surface area contributed by atoms with Crippen molar-refractivity contribution in [3.63, 3.8) is 0 Å². The molecule has 0 saturated carbocycles. The van der Waals surface area contributed by atoms with Crippen molar-refractivity contribution < 1.29 is 14.3 Å². The van der Waals surface area contributed by atoms with Crippen LogP contribution in [0, 0.1) is 0 Å². The number of carbonyl (C=O) groups is 2. The van der Waals surface area contributed by atoms with Crippen LogP contribution in [-0.4, -0.2) is 23.7 Å². The van der Waals surface area contributed by atoms with Gasteiger partial charge in [-0.05, 0) is 35.4 Å². The highest BCUT2D eigenvalue weighted by Crippen LogP contribution is 2.23. The maximum Gasteiger partial charge on any atom is 0.224 e. The number of ketones is 1. The van der Waals surface area contributed by atoms with Crippen molar-refractivity contribution in [2.75, 3.05) is 7.11 Å². The summed E-state index contributed by atoms with van der Waals surface area (Å²) in [5.41, 5.74) is 2.90. The molecule has 0 aromatic heterocycles. The topological polar surface area (TPSA) is 46.6 Å². The molecule has 4 heteroatoms. The zero-order valence-corrected chi connectivity index (χ0v) is 16.5. The molecule has 0 N–H and O–H groups in total. The lowest BCUT2D eigenvalue weighted by Gasteiger charge is -2.25. The molecule has 0 fully saturated rings. The molecule has 0 atom stereocenters. The van der Waals surface area contributed by atoms with Gasteiger partial charge in [-0.3, -0.25) is 9.59 Å². The third-order valence-electron chi connectivity index (χ3n) is 4.57. The van der Waals surface area contributed by atoms with Gasteiger partial charge in [0, 0.05) is 18.6 Å². The van der Waals surface area contributed by atoms with Gasteiger partial charge in [-0.2, -0.15) is 0 Å². The third-order valence-corrected chi connectivity index (χ3v) is 4.57. The summed E-state index contributed by atoms with van der Waals surface area (Å²) < 4.78 is 5.16. The lowest BCUT2D eigenvalue weighted by Crippen LogP contribution is -2.27. The number of carbonyl (C=O) groups excluding carboxylic acids is 2. The van der Waals surface area contributed by atoms with Crippen molar-refractivity contribution in [1.82, 2.24) is 4.90 Å². The number of hydrogen-bond donors (Lipinski definition) is 0. The zero-order chi connectivity index (χ0) is 20.6. The van der Waals surface area contributed by atoms with Crippen LogP contribution < -0.4 is 4.74 Å². The smallest absolute Gasteiger partial charge is 0.224 e. The minimum absolute atomic E-state index is 0.133. The quantitative estimate of drug-likeness (QED) is 0.426. The Kier molecular flexibility index (Phi) is 6.59. The van der Waals surface area contributed by atoms with Gasteiger partial charge in [-0.1, -0.05) is 60.7 Å². The molecule has 0 aliphatic carbocycles. The lowest BCUT2D eigenvalue weighted by atomic mass is 10.0. The largest absolute Gasteiger partial charge is 0.497 e. The van der Waals surface area contributed by atoms with Crippen LogP contribution in [0.25, 0.3) is 5.70 Å². The first-order chi connectivity index (χ1) is 14.1. The minimum atomic E-state index is -0.175. The summed E-state index contributed by atoms with van der Waals surface area (Å²) >= 11 is 0. The van der Waals surface area contributed by atoms with Gasteiger partial charge >= 0.3 is 0 Å². The Morgan fingerprint density at radius 3 is 1.97 bits per heavy atom. The van der Waals surface area contributed by atoms with E-state index >= 15 is 0 Å². The molecule has 1 amide bonds. The molecule has 0 unspecified atom stereocenters. The van der Waals surface area contributed by atoms with Gasteiger partial charge in [0.05, 0.1) is 19.4 Å². The Morgan fingerprint density at radius 2 is 1.41 bits per heavy atom. The van der Waals surface area contributed by atoms with Crippen LogP contribution in [0.4, 0.5) is 0 Å². The average Bonchev–Trinajstić information content (AvgIpc) is 2.77. The molecule has 0 heterocycles. The van der Waals surface area contributed by atoms with E-state index < -0.39 is 0 Å². The Morgan fingerprint density at radius 1 is 0.828 bits per heavy atom. The van der Waals surface area contributed by atoms with Crippen molar-refractivity contribution >= 4 is 17.4 Å². The van der Waals surface area contributed by atoms with Gasteiger partial charge < -0.3 is 9.64 Å². The van der Waals surface area contributed by atoms with Crippen LogP contribution in [0.15, 0.2) is 91.0 Å². The summed E-state index contributed by atoms with van der Waals surface area (Å²) in [4.78, 5) is 27.1. The minimum Gasteiger partial charge on any atom is -0.497 e. The maximum absolute atomic E-state index is 13.0. The first-order valence-electron chi connectivity index (χ1n) is 9.36. The van der Waals surface area contributed by atoms with E-state index in [-0.39, 0.29) is 11.7 Å². The molecular weight excluding hydrogens is 362 g/mol. The molecule has 3 rings (SSSR count). The van der Waals surface area contributed by atoms with Crippen molar-refractivity contribution in [3.8, 4) is 5.75 Å². The standard InChI is InChI=1S/C25H23NO3/c1-19(27)26(18-20-9-5-3-6-10-20)24(21-11-7-4-8-12-21)17-25(28)22-13-15-23(29-2)16-14-22/h3-17H,18H2,1-2H3/b24-17+. The predicted molar refractivity (Wildman–Crippen MR) is 114 cm³/mol. The van der Waals surface area contributed by atoms with E-state index in [0.717, 1.165) is 11.1 Å². The highest BCUT2D eigenvalue weighted by Gasteiger charge is 2.18. The number of methoxy groups -OCH3 is 1. The van der Waals surface area contributed by atoms with Crippen molar-refractivity contribution in [2.45, 2.75) is 13.5 Å². The normalized spacial score (nSPS) is 11.0. The summed E-state index contributed by atoms with van der Waals surface area (Å²) in [6, 6.07) is 26.1. The number of hydrogen-bond acceptors (Lipinski definition) is 3. The fraction of sp³-hybridized carbons (Fsp3) is 0.120. The fourth-order valence-electron chi connectivity index (χ4n) is 3.02. The van der Waals surface area contributed by atoms with Crippen molar-refractivity contribution in [1.29, 1.82) is 0 Å². The molecule has 29 heavy (non-hydrogen) atoms. The molecule has 3 aromatic rings. The van der Waals surface area contributed by atoms with E-state index in [9.17, 15) is 9.59 Å². The SMILES string of the molecule is COc1ccc(C(=O)/C=C(\c2ccccc2)N(Cc2ccccc2)C(C)=O)cc1. The van der Waals surface area contributed by atoms with Crippen LogP contribution in [0.2, 0.25) is 0 Å². The summed E-state index contributed by atoms with van der Waals surface area (Å²) in [6.07, 6.45) is 1.53. The number of amides is 1. The van der Waals surface area contributed by atoms with Crippen LogP contribution in [-0.2, 0) is 11.3 Å². The van der Waals surface area contributed by atoms with Gasteiger partial charge in [-0.25, -0.2) is 0 Å². The lowest BCUT2D eigenvalue weighted by molar-refractivity contribution is -0.126. The van der Waals surface area contributed by atoms with E-state index in [4.69, 9.17) is 4.74 Å². The Hall–Kier alpha value is -3.66. The zero-order valence-electron chi connectivity index (χ0n) is 16.5. The first-order valence-corrected chi connectivity index (χ1v) is 9.36. The van der Waals surface area contributed by atoms with Gasteiger partial charge in [0.25, 0.3) is 0 Å². The second-order valence-corrected chi connectivity index (χ2v) is 6.58. The molecule has 0 radical (unpaired) electrons. The molecule has 0 bridgehead atoms. The monoisotopic (exact) mass is 385 g/mol. The number of benzene rings is 3. The van der Waals surface area contributed by atoms with Gasteiger partial charge in [0.1, 0.15) is 5.75 Å². The van der Waals surface area contributed by atoms with E-state index in [0.29, 0.717) is 23.6 Å². The molecule has 3 aromatic carbocycles. The number of allylic oxidation sites excluding steroid dienone is 1. The molecule has 0 spiro atoms. The molecule has 0 aliphatic rings. The summed E-state index contributed by atoms with van der Waals surface area (Å²) in [6.45, 7) is 1.89. The van der Waals surface area contributed by atoms with Crippen LogP contribution >= 0.6 is 0 Å². The molecule has 0 aliphatic heterocycles. The second-order valence-electron chi connectivity index (χ2n) is 6.58. The Balaban J connectivity index is 2.01. The number of nitrogens with zero attached hydrogens (tertiary/aromatic N) is 1. The Labute approximate surface area is 171 Å². The van der Waals surface area contributed by atoms with Crippen LogP contribution in [0.3, 0.4) is 0 Å². The number of rotatable bonds is 7. The molecule has 0 saturated heterocycles. The van der Waals surface area contributed by atoms with Gasteiger partial charge in [0.15, 0.2) is 5.78 Å². The maximum atomic E-state index is 13.0. The van der Waals surface area contributed by atoms with E-state index in [2.05, 4.69) is 0 Å². The van der Waals surface area contributed by atoms with Crippen LogP contribution in [0.5, 0.6) is 5.75 Å². The molecule has 146 valence electrons. The average molecular weight is 385 g/mol. The highest BCUT2D eigenvalue weighted by molar-refractivity contribution is 6.09. The van der Waals surface area contributed by atoms with Crippen LogP contribution in [0.1, 0.15) is 28.4 Å². The van der Waals surface area contributed by atoms with E-state index in [1.807, 2.05) is 60.7 Å². The summed E-state index contributed by atoms with van der Waals surface area (Å²) in [5, 5.41) is 0. The van der Waals surface area contributed by atoms with Crippen molar-refractivity contribution in [3.05, 3.63) is 108 Å². The van der Waals surface area contributed by atoms with E-state index in [1.165, 1.54) is 13.0 Å². The predicted octanol–water partition coefficient (Wildman–Crippen LogP) is 4.97. The molecular formula is C25H23NO3. The Bertz CT molecular complexity index is 993. The summed E-state index contributed by atoms with van der Waals surface area (Å²) in [5.74, 6) is 0.376. The van der Waals surface area contributed by atoms with E-state index in [1.54, 1.807) is 36.3 Å². The fourth-order valence-corrected chi connectivity index (χ4v) is 3.02. The first kappa shape index (κ1) is 20.1. The van der Waals surface area contributed by atoms with Crippen molar-refractivity contribution in [2.24, 2.45) is 0 Å². The summed E-state index contributed by atoms with van der Waals surface area (Å²) in [7, 11) is 1.58.